The van der Waals surface area contributed by atoms with Gasteiger partial charge >= 0.3 is 0 Å². The molecule has 0 aliphatic heterocycles. The number of methoxy groups -OCH3 is 1. The lowest BCUT2D eigenvalue weighted by atomic mass is 10.2. The Kier molecular flexibility index (Phi) is 6.81. The fourth-order valence-electron chi connectivity index (χ4n) is 2.18. The van der Waals surface area contributed by atoms with Crippen molar-refractivity contribution in [3.63, 3.8) is 0 Å². The normalized spacial score (nSPS) is 11.8. The molecule has 0 bridgehead atoms. The summed E-state index contributed by atoms with van der Waals surface area (Å²) in [4.78, 5) is 24.2. The first-order chi connectivity index (χ1) is 12.4. The van der Waals surface area contributed by atoms with Gasteiger partial charge in [0.2, 0.25) is 11.8 Å². The molecule has 136 valence electrons. The van der Waals surface area contributed by atoms with Gasteiger partial charge in [0.25, 0.3) is 0 Å². The lowest BCUT2D eigenvalue weighted by molar-refractivity contribution is -0.123. The van der Waals surface area contributed by atoms with Gasteiger partial charge in [-0.15, -0.1) is 0 Å². The van der Waals surface area contributed by atoms with Gasteiger partial charge in [0.15, 0.2) is 0 Å². The average molecular weight is 373 g/mol. The smallest absolute Gasteiger partial charge is 0.246 e. The largest absolute Gasteiger partial charge is 0.497 e. The van der Waals surface area contributed by atoms with Crippen molar-refractivity contribution < 1.29 is 14.3 Å². The van der Waals surface area contributed by atoms with Crippen molar-refractivity contribution in [1.29, 1.82) is 0 Å². The highest BCUT2D eigenvalue weighted by molar-refractivity contribution is 6.33. The molecule has 0 aliphatic rings. The van der Waals surface area contributed by atoms with Gasteiger partial charge in [-0.05, 0) is 55.3 Å². The molecule has 2 aromatic carbocycles. The quantitative estimate of drug-likeness (QED) is 0.757. The zero-order valence-electron chi connectivity index (χ0n) is 14.9. The van der Waals surface area contributed by atoms with E-state index in [-0.39, 0.29) is 11.8 Å². The highest BCUT2D eigenvalue weighted by Gasteiger charge is 2.15. The fourth-order valence-corrected chi connectivity index (χ4v) is 2.46. The molecule has 0 fully saturated rings. The molecule has 0 heterocycles. The van der Waals surface area contributed by atoms with Crippen LogP contribution in [-0.2, 0) is 9.59 Å². The predicted molar refractivity (Wildman–Crippen MR) is 104 cm³/mol. The molecule has 0 saturated heterocycles. The van der Waals surface area contributed by atoms with Crippen LogP contribution < -0.4 is 15.4 Å². The number of hydrogen-bond acceptors (Lipinski definition) is 3. The van der Waals surface area contributed by atoms with E-state index in [1.54, 1.807) is 44.4 Å². The molecule has 0 radical (unpaired) electrons. The van der Waals surface area contributed by atoms with E-state index in [1.807, 2.05) is 25.1 Å². The molecule has 6 heteroatoms. The zero-order chi connectivity index (χ0) is 19.1. The van der Waals surface area contributed by atoms with Gasteiger partial charge in [0.05, 0.1) is 17.8 Å². The summed E-state index contributed by atoms with van der Waals surface area (Å²) < 4.78 is 5.08. The van der Waals surface area contributed by atoms with E-state index in [2.05, 4.69) is 10.6 Å². The van der Waals surface area contributed by atoms with Crippen LogP contribution in [0.15, 0.2) is 48.5 Å². The summed E-state index contributed by atoms with van der Waals surface area (Å²) in [6, 6.07) is 11.9. The highest BCUT2D eigenvalue weighted by atomic mass is 35.5. The molecular weight excluding hydrogens is 352 g/mol. The van der Waals surface area contributed by atoms with E-state index in [9.17, 15) is 9.59 Å². The van der Waals surface area contributed by atoms with E-state index in [1.165, 1.54) is 6.08 Å². The highest BCUT2D eigenvalue weighted by Crippen LogP contribution is 2.22. The van der Waals surface area contributed by atoms with E-state index in [0.717, 1.165) is 16.9 Å². The first-order valence-corrected chi connectivity index (χ1v) is 8.46. The van der Waals surface area contributed by atoms with Gasteiger partial charge in [0, 0.05) is 6.08 Å². The number of aryl methyl sites for hydroxylation is 1. The van der Waals surface area contributed by atoms with Crippen LogP contribution in [0.1, 0.15) is 18.1 Å². The van der Waals surface area contributed by atoms with E-state index in [0.29, 0.717) is 10.7 Å². The third-order valence-corrected chi connectivity index (χ3v) is 3.99. The molecule has 1 unspecified atom stereocenters. The summed E-state index contributed by atoms with van der Waals surface area (Å²) in [7, 11) is 1.59. The van der Waals surface area contributed by atoms with Crippen LogP contribution in [0.25, 0.3) is 6.08 Å². The summed E-state index contributed by atoms with van der Waals surface area (Å²) in [5, 5.41) is 5.78. The van der Waals surface area contributed by atoms with Crippen LogP contribution in [0, 0.1) is 6.92 Å². The SMILES string of the molecule is COc1ccc(/C=C/C(=O)NC(C)C(=O)Nc2ccc(C)cc2Cl)cc1. The Morgan fingerprint density at radius 1 is 1.15 bits per heavy atom. The number of anilines is 1. The van der Waals surface area contributed by atoms with Gasteiger partial charge in [0.1, 0.15) is 11.8 Å². The van der Waals surface area contributed by atoms with E-state index >= 15 is 0 Å². The molecule has 1 atom stereocenters. The maximum atomic E-state index is 12.2. The van der Waals surface area contributed by atoms with Crippen LogP contribution in [0.5, 0.6) is 5.75 Å². The summed E-state index contributed by atoms with van der Waals surface area (Å²) >= 11 is 6.10. The van der Waals surface area contributed by atoms with E-state index < -0.39 is 6.04 Å². The van der Waals surface area contributed by atoms with Crippen molar-refractivity contribution >= 4 is 35.2 Å². The third-order valence-electron chi connectivity index (χ3n) is 3.68. The fraction of sp³-hybridized carbons (Fsp3) is 0.200. The second-order valence-electron chi connectivity index (χ2n) is 5.81. The van der Waals surface area contributed by atoms with Gasteiger partial charge in [-0.1, -0.05) is 29.8 Å². The number of benzene rings is 2. The minimum absolute atomic E-state index is 0.345. The first kappa shape index (κ1) is 19.5. The average Bonchev–Trinajstić information content (AvgIpc) is 2.62. The lowest BCUT2D eigenvalue weighted by Gasteiger charge is -2.14. The topological polar surface area (TPSA) is 67.4 Å². The Morgan fingerprint density at radius 3 is 2.46 bits per heavy atom. The Balaban J connectivity index is 1.90. The van der Waals surface area contributed by atoms with Gasteiger partial charge in [-0.25, -0.2) is 0 Å². The molecule has 0 spiro atoms. The zero-order valence-corrected chi connectivity index (χ0v) is 15.6. The van der Waals surface area contributed by atoms with E-state index in [4.69, 9.17) is 16.3 Å². The summed E-state index contributed by atoms with van der Waals surface area (Å²) in [6.45, 7) is 3.52. The number of carbonyl (C=O) groups excluding carboxylic acids is 2. The van der Waals surface area contributed by atoms with Crippen molar-refractivity contribution in [2.24, 2.45) is 0 Å². The van der Waals surface area contributed by atoms with Crippen molar-refractivity contribution in [3.05, 3.63) is 64.7 Å². The monoisotopic (exact) mass is 372 g/mol. The molecule has 2 N–H and O–H groups in total. The van der Waals surface area contributed by atoms with Crippen LogP contribution in [0.2, 0.25) is 5.02 Å². The maximum absolute atomic E-state index is 12.2. The number of ether oxygens (including phenoxy) is 1. The van der Waals surface area contributed by atoms with Crippen LogP contribution in [0.3, 0.4) is 0 Å². The lowest BCUT2D eigenvalue weighted by Crippen LogP contribution is -2.40. The van der Waals surface area contributed by atoms with Crippen molar-refractivity contribution in [3.8, 4) is 5.75 Å². The Hall–Kier alpha value is -2.79. The maximum Gasteiger partial charge on any atom is 0.246 e. The standard InChI is InChI=1S/C20H21ClN2O3/c1-13-4-10-18(17(21)12-13)23-20(25)14(2)22-19(24)11-7-15-5-8-16(26-3)9-6-15/h4-12,14H,1-3H3,(H,22,24)(H,23,25)/b11-7+. The molecule has 2 rings (SSSR count). The van der Waals surface area contributed by atoms with Gasteiger partial charge in [-0.2, -0.15) is 0 Å². The first-order valence-electron chi connectivity index (χ1n) is 8.08. The second-order valence-corrected chi connectivity index (χ2v) is 6.22. The number of halogens is 1. The van der Waals surface area contributed by atoms with Crippen LogP contribution >= 0.6 is 11.6 Å². The van der Waals surface area contributed by atoms with Gasteiger partial charge < -0.3 is 15.4 Å². The molecule has 0 aliphatic carbocycles. The summed E-state index contributed by atoms with van der Waals surface area (Å²) in [5.41, 5.74) is 2.36. The Morgan fingerprint density at radius 2 is 1.85 bits per heavy atom. The minimum atomic E-state index is -0.708. The molecular formula is C20H21ClN2O3. The molecule has 2 aromatic rings. The second kappa shape index (κ2) is 9.06. The number of amides is 2. The van der Waals surface area contributed by atoms with Crippen LogP contribution in [-0.4, -0.2) is 25.0 Å². The Bertz CT molecular complexity index is 816. The Labute approximate surface area is 158 Å². The minimum Gasteiger partial charge on any atom is -0.497 e. The summed E-state index contributed by atoms with van der Waals surface area (Å²) in [6.07, 6.45) is 3.04. The molecule has 26 heavy (non-hydrogen) atoms. The molecule has 5 nitrogen and oxygen atoms in total. The van der Waals surface area contributed by atoms with Crippen LogP contribution in [0.4, 0.5) is 5.69 Å². The number of hydrogen-bond donors (Lipinski definition) is 2. The number of carbonyl (C=O) groups is 2. The van der Waals surface area contributed by atoms with Gasteiger partial charge in [-0.3, -0.25) is 9.59 Å². The molecule has 0 saturated carbocycles. The van der Waals surface area contributed by atoms with Crippen molar-refractivity contribution in [2.75, 3.05) is 12.4 Å². The number of nitrogens with one attached hydrogen (secondary N) is 2. The number of rotatable bonds is 6. The predicted octanol–water partition coefficient (Wildman–Crippen LogP) is 3.81. The third kappa shape index (κ3) is 5.63. The molecule has 0 aromatic heterocycles. The van der Waals surface area contributed by atoms with Crippen molar-refractivity contribution in [1.82, 2.24) is 5.32 Å². The van der Waals surface area contributed by atoms with Crippen molar-refractivity contribution in [2.45, 2.75) is 19.9 Å². The molecule has 2 amide bonds. The summed E-state index contributed by atoms with van der Waals surface area (Å²) in [5.74, 6) is 0.0343.